The van der Waals surface area contributed by atoms with Crippen molar-refractivity contribution in [3.05, 3.63) is 64.2 Å². The maximum Gasteiger partial charge on any atom is 0.197 e. The van der Waals surface area contributed by atoms with Gasteiger partial charge in [-0.15, -0.1) is 0 Å². The number of aromatic nitrogens is 1. The van der Waals surface area contributed by atoms with Gasteiger partial charge in [0.25, 0.3) is 0 Å². The zero-order valence-corrected chi connectivity index (χ0v) is 11.5. The average Bonchev–Trinajstić information content (AvgIpc) is 2.74. The zero-order valence-electron chi connectivity index (χ0n) is 10.8. The number of hydrogen-bond donors (Lipinski definition) is 0. The SMILES string of the molecule is Cc1ccc2nc3c(c(Cl)c2c1)C(=O)c1ccccc1-3. The lowest BCUT2D eigenvalue weighted by atomic mass is 10.1. The largest absolute Gasteiger partial charge is 0.288 e. The molecule has 0 unspecified atom stereocenters. The van der Waals surface area contributed by atoms with Crippen LogP contribution in [0.3, 0.4) is 0 Å². The van der Waals surface area contributed by atoms with Crippen LogP contribution >= 0.6 is 11.6 Å². The van der Waals surface area contributed by atoms with Gasteiger partial charge in [0.2, 0.25) is 0 Å². The van der Waals surface area contributed by atoms with Crippen LogP contribution in [0.15, 0.2) is 42.5 Å². The molecular formula is C17H10ClNO. The summed E-state index contributed by atoms with van der Waals surface area (Å²) >= 11 is 6.48. The molecule has 0 amide bonds. The molecule has 20 heavy (non-hydrogen) atoms. The second kappa shape index (κ2) is 3.90. The van der Waals surface area contributed by atoms with Gasteiger partial charge in [0.15, 0.2) is 5.78 Å². The number of benzene rings is 2. The number of pyridine rings is 1. The van der Waals surface area contributed by atoms with Crippen LogP contribution in [0.1, 0.15) is 21.5 Å². The number of rotatable bonds is 0. The van der Waals surface area contributed by atoms with E-state index in [1.54, 1.807) is 0 Å². The Morgan fingerprint density at radius 3 is 2.60 bits per heavy atom. The standard InChI is InChI=1S/C17H10ClNO/c1-9-6-7-13-12(8-9)15(18)14-16(19-13)10-4-2-3-5-11(10)17(14)20/h2-8H,1H3. The third-order valence-corrected chi connectivity index (χ3v) is 4.12. The molecule has 96 valence electrons. The summed E-state index contributed by atoms with van der Waals surface area (Å²) in [6.07, 6.45) is 0. The van der Waals surface area contributed by atoms with Crippen molar-refractivity contribution in [2.24, 2.45) is 0 Å². The monoisotopic (exact) mass is 279 g/mol. The van der Waals surface area contributed by atoms with E-state index in [-0.39, 0.29) is 5.78 Å². The number of halogens is 1. The molecule has 0 spiro atoms. The number of nitrogens with zero attached hydrogens (tertiary/aromatic N) is 1. The fourth-order valence-electron chi connectivity index (χ4n) is 2.76. The summed E-state index contributed by atoms with van der Waals surface area (Å²) in [5.74, 6) is -0.0310. The molecule has 3 heteroatoms. The summed E-state index contributed by atoms with van der Waals surface area (Å²) in [7, 11) is 0. The Kier molecular flexibility index (Phi) is 2.27. The summed E-state index contributed by atoms with van der Waals surface area (Å²) in [6.45, 7) is 2.00. The van der Waals surface area contributed by atoms with Crippen LogP contribution in [0.25, 0.3) is 22.2 Å². The molecule has 1 aromatic heterocycles. The number of ketones is 1. The first-order valence-corrected chi connectivity index (χ1v) is 6.78. The Balaban J connectivity index is 2.17. The molecule has 3 aromatic rings. The van der Waals surface area contributed by atoms with Gasteiger partial charge in [-0.05, 0) is 19.1 Å². The van der Waals surface area contributed by atoms with E-state index in [0.717, 1.165) is 22.0 Å². The molecule has 0 fully saturated rings. The lowest BCUT2D eigenvalue weighted by Gasteiger charge is -2.06. The number of carbonyl (C=O) groups excluding carboxylic acids is 1. The predicted molar refractivity (Wildman–Crippen MR) is 80.4 cm³/mol. The van der Waals surface area contributed by atoms with Crippen LogP contribution < -0.4 is 0 Å². The van der Waals surface area contributed by atoms with E-state index in [1.807, 2.05) is 49.4 Å². The van der Waals surface area contributed by atoms with Crippen LogP contribution in [0.4, 0.5) is 0 Å². The molecule has 1 aliphatic carbocycles. The highest BCUT2D eigenvalue weighted by atomic mass is 35.5. The maximum absolute atomic E-state index is 12.5. The highest BCUT2D eigenvalue weighted by molar-refractivity contribution is 6.41. The quantitative estimate of drug-likeness (QED) is 0.477. The third-order valence-electron chi connectivity index (χ3n) is 3.73. The van der Waals surface area contributed by atoms with E-state index >= 15 is 0 Å². The first-order valence-electron chi connectivity index (χ1n) is 6.41. The number of aryl methyl sites for hydroxylation is 1. The van der Waals surface area contributed by atoms with Crippen molar-refractivity contribution >= 4 is 28.3 Å². The van der Waals surface area contributed by atoms with Crippen molar-refractivity contribution in [1.29, 1.82) is 0 Å². The molecule has 0 saturated heterocycles. The first kappa shape index (κ1) is 11.6. The molecule has 0 radical (unpaired) electrons. The van der Waals surface area contributed by atoms with Gasteiger partial charge in [-0.2, -0.15) is 0 Å². The molecule has 4 rings (SSSR count). The number of fused-ring (bicyclic) bond motifs is 4. The summed E-state index contributed by atoms with van der Waals surface area (Å²) in [6, 6.07) is 13.4. The van der Waals surface area contributed by atoms with Crippen LogP contribution in [0.5, 0.6) is 0 Å². The van der Waals surface area contributed by atoms with E-state index in [9.17, 15) is 4.79 Å². The Bertz CT molecular complexity index is 899. The van der Waals surface area contributed by atoms with Crippen molar-refractivity contribution in [3.63, 3.8) is 0 Å². The molecule has 0 saturated carbocycles. The van der Waals surface area contributed by atoms with Crippen molar-refractivity contribution in [2.45, 2.75) is 6.92 Å². The highest BCUT2D eigenvalue weighted by Crippen LogP contribution is 2.41. The lowest BCUT2D eigenvalue weighted by molar-refractivity contribution is 0.104. The fraction of sp³-hybridized carbons (Fsp3) is 0.0588. The Hall–Kier alpha value is -2.19. The molecule has 0 atom stereocenters. The summed E-state index contributed by atoms with van der Waals surface area (Å²) in [4.78, 5) is 17.2. The molecule has 2 nitrogen and oxygen atoms in total. The van der Waals surface area contributed by atoms with Crippen molar-refractivity contribution in [3.8, 4) is 11.3 Å². The maximum atomic E-state index is 12.5. The Morgan fingerprint density at radius 2 is 1.80 bits per heavy atom. The van der Waals surface area contributed by atoms with Crippen LogP contribution in [0, 0.1) is 6.92 Å². The molecule has 0 N–H and O–H groups in total. The average molecular weight is 280 g/mol. The van der Waals surface area contributed by atoms with E-state index in [1.165, 1.54) is 0 Å². The van der Waals surface area contributed by atoms with E-state index in [0.29, 0.717) is 21.8 Å². The molecular weight excluding hydrogens is 270 g/mol. The molecule has 0 bridgehead atoms. The van der Waals surface area contributed by atoms with Gasteiger partial charge in [-0.3, -0.25) is 4.79 Å². The highest BCUT2D eigenvalue weighted by Gasteiger charge is 2.31. The van der Waals surface area contributed by atoms with Gasteiger partial charge in [0.1, 0.15) is 0 Å². The Morgan fingerprint density at radius 1 is 1.05 bits per heavy atom. The summed E-state index contributed by atoms with van der Waals surface area (Å²) in [5.41, 5.74) is 4.71. The van der Waals surface area contributed by atoms with E-state index in [2.05, 4.69) is 4.98 Å². The third kappa shape index (κ3) is 1.40. The van der Waals surface area contributed by atoms with Gasteiger partial charge in [-0.25, -0.2) is 4.98 Å². The van der Waals surface area contributed by atoms with Crippen molar-refractivity contribution in [2.75, 3.05) is 0 Å². The molecule has 0 aliphatic heterocycles. The van der Waals surface area contributed by atoms with Gasteiger partial charge in [0.05, 0.1) is 21.8 Å². The van der Waals surface area contributed by atoms with Gasteiger partial charge < -0.3 is 0 Å². The zero-order chi connectivity index (χ0) is 13.9. The Labute approximate surface area is 121 Å². The fourth-order valence-corrected chi connectivity index (χ4v) is 3.09. The van der Waals surface area contributed by atoms with Crippen LogP contribution in [-0.2, 0) is 0 Å². The predicted octanol–water partition coefficient (Wildman–Crippen LogP) is 4.41. The van der Waals surface area contributed by atoms with E-state index < -0.39 is 0 Å². The first-order chi connectivity index (χ1) is 9.66. The number of carbonyl (C=O) groups is 1. The summed E-state index contributed by atoms with van der Waals surface area (Å²) in [5, 5.41) is 1.35. The van der Waals surface area contributed by atoms with Gasteiger partial charge in [-0.1, -0.05) is 47.5 Å². The van der Waals surface area contributed by atoms with Gasteiger partial charge >= 0.3 is 0 Å². The second-order valence-electron chi connectivity index (χ2n) is 5.04. The summed E-state index contributed by atoms with van der Waals surface area (Å²) < 4.78 is 0. The second-order valence-corrected chi connectivity index (χ2v) is 5.42. The van der Waals surface area contributed by atoms with Gasteiger partial charge in [0, 0.05) is 16.5 Å². The minimum absolute atomic E-state index is 0.0310. The topological polar surface area (TPSA) is 30.0 Å². The minimum atomic E-state index is -0.0310. The normalized spacial score (nSPS) is 12.6. The van der Waals surface area contributed by atoms with Crippen molar-refractivity contribution in [1.82, 2.24) is 4.98 Å². The van der Waals surface area contributed by atoms with Crippen LogP contribution in [-0.4, -0.2) is 10.8 Å². The van der Waals surface area contributed by atoms with Crippen LogP contribution in [0.2, 0.25) is 5.02 Å². The lowest BCUT2D eigenvalue weighted by Crippen LogP contribution is -1.97. The van der Waals surface area contributed by atoms with E-state index in [4.69, 9.17) is 11.6 Å². The minimum Gasteiger partial charge on any atom is -0.288 e. The smallest absolute Gasteiger partial charge is 0.197 e. The molecule has 2 aromatic carbocycles. The van der Waals surface area contributed by atoms with Crippen molar-refractivity contribution < 1.29 is 4.79 Å². The number of hydrogen-bond acceptors (Lipinski definition) is 2. The molecule has 1 heterocycles. The molecule has 1 aliphatic rings.